The summed E-state index contributed by atoms with van der Waals surface area (Å²) in [6.45, 7) is 3.75. The van der Waals surface area contributed by atoms with Crippen LogP contribution >= 0.6 is 0 Å². The summed E-state index contributed by atoms with van der Waals surface area (Å²) in [4.78, 5) is 25.5. The standard InChI is InChI=1S/C53H98O12S/c1-3-5-7-9-11-13-15-17-19-20-21-22-23-24-25-26-27-28-30-31-33-35-37-39-41-48(54)62-43-46(44-63-53-52(58)51(57)50(56)47(65-53)45-66(59,60)61)64-49(55)42-40-38-36-34-32-29-18-16-14-12-10-8-6-4-2/h10,12,16,18,46-47,50-53,56-58H,3-9,11,13-15,17,19-45H2,1-2H3,(H,59,60,61)/b12-10-,18-16-. The quantitative estimate of drug-likeness (QED) is 0.0196. The second-order valence-corrected chi connectivity index (χ2v) is 20.4. The van der Waals surface area contributed by atoms with Crippen molar-refractivity contribution in [3.63, 3.8) is 0 Å². The molecule has 4 N–H and O–H groups in total. The average molecular weight is 959 g/mol. The van der Waals surface area contributed by atoms with Gasteiger partial charge in [-0.1, -0.05) is 218 Å². The lowest BCUT2D eigenvalue weighted by Crippen LogP contribution is -2.60. The van der Waals surface area contributed by atoms with Gasteiger partial charge in [0.1, 0.15) is 36.8 Å². The van der Waals surface area contributed by atoms with Crippen molar-refractivity contribution in [1.82, 2.24) is 0 Å². The Labute approximate surface area is 402 Å². The molecule has 1 aliphatic rings. The molecule has 1 heterocycles. The molecule has 0 amide bonds. The Kier molecular flexibility index (Phi) is 40.7. The molecule has 1 rings (SSSR count). The Balaban J connectivity index is 2.30. The largest absolute Gasteiger partial charge is 0.462 e. The molecule has 66 heavy (non-hydrogen) atoms. The van der Waals surface area contributed by atoms with Crippen LogP contribution in [-0.4, -0.2) is 96.0 Å². The number of ether oxygens (including phenoxy) is 4. The van der Waals surface area contributed by atoms with Crippen LogP contribution in [0.4, 0.5) is 0 Å². The van der Waals surface area contributed by atoms with Crippen LogP contribution < -0.4 is 0 Å². The number of carbonyl (C=O) groups excluding carboxylic acids is 2. The first-order valence-electron chi connectivity index (χ1n) is 26.9. The number of unbranched alkanes of at least 4 members (excludes halogenated alkanes) is 30. The van der Waals surface area contributed by atoms with Gasteiger partial charge in [-0.25, -0.2) is 0 Å². The van der Waals surface area contributed by atoms with E-state index in [0.29, 0.717) is 12.8 Å². The van der Waals surface area contributed by atoms with Gasteiger partial charge in [0.25, 0.3) is 10.1 Å². The van der Waals surface area contributed by atoms with Crippen molar-refractivity contribution in [2.45, 2.75) is 282 Å². The topological polar surface area (TPSA) is 186 Å². The molecule has 1 fully saturated rings. The van der Waals surface area contributed by atoms with Crippen LogP contribution in [0.2, 0.25) is 0 Å². The van der Waals surface area contributed by atoms with Gasteiger partial charge in [0, 0.05) is 12.8 Å². The molecule has 0 aromatic rings. The van der Waals surface area contributed by atoms with Crippen molar-refractivity contribution >= 4 is 22.1 Å². The zero-order chi connectivity index (χ0) is 48.4. The van der Waals surface area contributed by atoms with Crippen molar-refractivity contribution in [3.05, 3.63) is 24.3 Å². The molecule has 12 nitrogen and oxygen atoms in total. The fourth-order valence-electron chi connectivity index (χ4n) is 8.34. The third kappa shape index (κ3) is 37.1. The van der Waals surface area contributed by atoms with E-state index in [-0.39, 0.29) is 19.4 Å². The summed E-state index contributed by atoms with van der Waals surface area (Å²) < 4.78 is 54.2. The van der Waals surface area contributed by atoms with Crippen molar-refractivity contribution in [1.29, 1.82) is 0 Å². The zero-order valence-electron chi connectivity index (χ0n) is 41.8. The number of hydrogen-bond acceptors (Lipinski definition) is 11. The van der Waals surface area contributed by atoms with Gasteiger partial charge in [-0.3, -0.25) is 14.1 Å². The number of hydrogen-bond donors (Lipinski definition) is 4. The number of aliphatic hydroxyl groups excluding tert-OH is 3. The van der Waals surface area contributed by atoms with Gasteiger partial charge >= 0.3 is 11.9 Å². The van der Waals surface area contributed by atoms with E-state index in [1.807, 2.05) is 0 Å². The Bertz CT molecular complexity index is 1310. The molecule has 388 valence electrons. The molecule has 6 atom stereocenters. The van der Waals surface area contributed by atoms with Gasteiger partial charge in [-0.2, -0.15) is 8.42 Å². The van der Waals surface area contributed by atoms with E-state index in [2.05, 4.69) is 38.2 Å². The highest BCUT2D eigenvalue weighted by molar-refractivity contribution is 7.85. The first-order chi connectivity index (χ1) is 32.0. The molecule has 0 aromatic heterocycles. The van der Waals surface area contributed by atoms with E-state index in [4.69, 9.17) is 18.9 Å². The lowest BCUT2D eigenvalue weighted by Gasteiger charge is -2.40. The maximum atomic E-state index is 12.8. The van der Waals surface area contributed by atoms with E-state index in [1.165, 1.54) is 141 Å². The van der Waals surface area contributed by atoms with Gasteiger partial charge in [-0.15, -0.1) is 0 Å². The van der Waals surface area contributed by atoms with Crippen LogP contribution in [-0.2, 0) is 38.7 Å². The Morgan fingerprint density at radius 1 is 0.515 bits per heavy atom. The van der Waals surface area contributed by atoms with Crippen LogP contribution in [0.3, 0.4) is 0 Å². The second-order valence-electron chi connectivity index (χ2n) is 18.9. The lowest BCUT2D eigenvalue weighted by molar-refractivity contribution is -0.297. The number of aliphatic hydroxyl groups is 3. The van der Waals surface area contributed by atoms with Crippen molar-refractivity contribution in [2.75, 3.05) is 19.0 Å². The molecular formula is C53H98O12S. The van der Waals surface area contributed by atoms with Gasteiger partial charge < -0.3 is 34.3 Å². The number of carbonyl (C=O) groups is 2. The summed E-state index contributed by atoms with van der Waals surface area (Å²) in [7, 11) is -4.60. The third-order valence-corrected chi connectivity index (χ3v) is 13.3. The van der Waals surface area contributed by atoms with Crippen LogP contribution in [0, 0.1) is 0 Å². The molecular weight excluding hydrogens is 861 g/mol. The Hall–Kier alpha value is -1.87. The van der Waals surface area contributed by atoms with E-state index >= 15 is 0 Å². The van der Waals surface area contributed by atoms with E-state index in [0.717, 1.165) is 64.2 Å². The van der Waals surface area contributed by atoms with Crippen LogP contribution in [0.25, 0.3) is 0 Å². The van der Waals surface area contributed by atoms with Crippen molar-refractivity contribution < 1.29 is 56.8 Å². The normalized spacial score (nSPS) is 19.5. The Morgan fingerprint density at radius 2 is 0.924 bits per heavy atom. The molecule has 0 spiro atoms. The number of rotatable bonds is 46. The summed E-state index contributed by atoms with van der Waals surface area (Å²) in [5.41, 5.74) is 0. The fourth-order valence-corrected chi connectivity index (χ4v) is 9.03. The van der Waals surface area contributed by atoms with Crippen LogP contribution in [0.15, 0.2) is 24.3 Å². The van der Waals surface area contributed by atoms with Gasteiger partial charge in [0.15, 0.2) is 12.4 Å². The average Bonchev–Trinajstić information content (AvgIpc) is 3.28. The molecule has 0 aliphatic carbocycles. The predicted molar refractivity (Wildman–Crippen MR) is 266 cm³/mol. The van der Waals surface area contributed by atoms with Crippen molar-refractivity contribution in [2.24, 2.45) is 0 Å². The first kappa shape index (κ1) is 62.1. The highest BCUT2D eigenvalue weighted by Gasteiger charge is 2.46. The van der Waals surface area contributed by atoms with E-state index < -0.39 is 71.2 Å². The monoisotopic (exact) mass is 959 g/mol. The van der Waals surface area contributed by atoms with Gasteiger partial charge in [0.2, 0.25) is 0 Å². The van der Waals surface area contributed by atoms with Gasteiger partial charge in [0.05, 0.1) is 6.61 Å². The predicted octanol–water partition coefficient (Wildman–Crippen LogP) is 12.3. The first-order valence-corrected chi connectivity index (χ1v) is 28.5. The summed E-state index contributed by atoms with van der Waals surface area (Å²) in [5, 5.41) is 31.0. The second kappa shape index (κ2) is 43.2. The molecule has 0 bridgehead atoms. The number of allylic oxidation sites excluding steroid dienone is 4. The molecule has 1 aliphatic heterocycles. The summed E-state index contributed by atoms with van der Waals surface area (Å²) >= 11 is 0. The fraction of sp³-hybridized carbons (Fsp3) is 0.887. The maximum absolute atomic E-state index is 12.8. The highest BCUT2D eigenvalue weighted by atomic mass is 32.2. The molecule has 0 radical (unpaired) electrons. The van der Waals surface area contributed by atoms with E-state index in [1.54, 1.807) is 0 Å². The number of esters is 2. The zero-order valence-corrected chi connectivity index (χ0v) is 42.6. The molecule has 13 heteroatoms. The summed E-state index contributed by atoms with van der Waals surface area (Å²) in [5.74, 6) is -1.99. The molecule has 0 aromatic carbocycles. The molecule has 1 saturated heterocycles. The maximum Gasteiger partial charge on any atom is 0.306 e. The summed E-state index contributed by atoms with van der Waals surface area (Å²) in [6, 6.07) is 0. The van der Waals surface area contributed by atoms with E-state index in [9.17, 15) is 37.9 Å². The Morgan fingerprint density at radius 3 is 1.38 bits per heavy atom. The molecule has 0 saturated carbocycles. The minimum atomic E-state index is -4.60. The highest BCUT2D eigenvalue weighted by Crippen LogP contribution is 2.24. The minimum Gasteiger partial charge on any atom is -0.462 e. The third-order valence-electron chi connectivity index (χ3n) is 12.5. The summed E-state index contributed by atoms with van der Waals surface area (Å²) in [6.07, 6.45) is 40.9. The van der Waals surface area contributed by atoms with Crippen molar-refractivity contribution in [3.8, 4) is 0 Å². The van der Waals surface area contributed by atoms with Gasteiger partial charge in [-0.05, 0) is 38.5 Å². The molecule has 6 unspecified atom stereocenters. The van der Waals surface area contributed by atoms with Crippen LogP contribution in [0.1, 0.15) is 245 Å². The van der Waals surface area contributed by atoms with Crippen LogP contribution in [0.5, 0.6) is 0 Å². The SMILES string of the molecule is CCCC/C=C\C/C=C\CCCCCCCC(=O)OC(COC(=O)CCCCCCCCCCCCCCCCCCCCCCCCCC)COC1OC(CS(=O)(=O)O)C(O)C(O)C1O. The lowest BCUT2D eigenvalue weighted by atomic mass is 10.00. The smallest absolute Gasteiger partial charge is 0.306 e. The minimum absolute atomic E-state index is 0.151.